The molecule has 4 heteroatoms. The van der Waals surface area contributed by atoms with Gasteiger partial charge in [-0.1, -0.05) is 36.4 Å². The maximum absolute atomic E-state index is 6.40. The van der Waals surface area contributed by atoms with E-state index in [0.29, 0.717) is 0 Å². The number of piperazine rings is 1. The lowest BCUT2D eigenvalue weighted by Gasteiger charge is -2.35. The molecule has 1 aliphatic heterocycles. The van der Waals surface area contributed by atoms with E-state index in [2.05, 4.69) is 64.6 Å². The van der Waals surface area contributed by atoms with E-state index in [1.807, 2.05) is 6.07 Å². The molecule has 0 radical (unpaired) electrons. The number of nitrogen functional groups attached to an aromatic ring is 1. The SMILES string of the molecule is CN1CCN(c2cccc(NCc3ccccc3)c2N)CC1. The second-order valence-corrected chi connectivity index (χ2v) is 5.87. The molecule has 0 saturated carbocycles. The summed E-state index contributed by atoms with van der Waals surface area (Å²) in [5, 5.41) is 3.46. The topological polar surface area (TPSA) is 44.5 Å². The molecular weight excluding hydrogens is 272 g/mol. The highest BCUT2D eigenvalue weighted by Crippen LogP contribution is 2.31. The summed E-state index contributed by atoms with van der Waals surface area (Å²) < 4.78 is 0. The van der Waals surface area contributed by atoms with Crippen LogP contribution >= 0.6 is 0 Å². The third-order valence-electron chi connectivity index (χ3n) is 4.25. The fourth-order valence-corrected chi connectivity index (χ4v) is 2.82. The Morgan fingerprint density at radius 1 is 0.955 bits per heavy atom. The van der Waals surface area contributed by atoms with Gasteiger partial charge in [-0.15, -0.1) is 0 Å². The van der Waals surface area contributed by atoms with Gasteiger partial charge in [0.1, 0.15) is 0 Å². The molecule has 1 fully saturated rings. The fraction of sp³-hybridized carbons (Fsp3) is 0.333. The van der Waals surface area contributed by atoms with Crippen molar-refractivity contribution in [1.29, 1.82) is 0 Å². The van der Waals surface area contributed by atoms with Crippen LogP contribution in [0, 0.1) is 0 Å². The first kappa shape index (κ1) is 14.7. The quantitative estimate of drug-likeness (QED) is 0.851. The van der Waals surface area contributed by atoms with Crippen molar-refractivity contribution in [2.75, 3.05) is 49.2 Å². The Labute approximate surface area is 132 Å². The predicted molar refractivity (Wildman–Crippen MR) is 94.3 cm³/mol. The summed E-state index contributed by atoms with van der Waals surface area (Å²) in [6, 6.07) is 16.6. The number of anilines is 3. The van der Waals surface area contributed by atoms with Crippen molar-refractivity contribution < 1.29 is 0 Å². The van der Waals surface area contributed by atoms with Crippen LogP contribution in [0.1, 0.15) is 5.56 Å². The Bertz CT molecular complexity index is 604. The van der Waals surface area contributed by atoms with Gasteiger partial charge in [-0.25, -0.2) is 0 Å². The average Bonchev–Trinajstić information content (AvgIpc) is 2.56. The highest BCUT2D eigenvalue weighted by molar-refractivity contribution is 5.81. The monoisotopic (exact) mass is 296 g/mol. The van der Waals surface area contributed by atoms with Crippen LogP contribution in [0.3, 0.4) is 0 Å². The molecule has 0 bridgehead atoms. The molecule has 4 nitrogen and oxygen atoms in total. The fourth-order valence-electron chi connectivity index (χ4n) is 2.82. The van der Waals surface area contributed by atoms with E-state index in [0.717, 1.165) is 49.8 Å². The van der Waals surface area contributed by atoms with Crippen LogP contribution < -0.4 is 16.0 Å². The zero-order valence-corrected chi connectivity index (χ0v) is 13.1. The molecule has 0 amide bonds. The molecule has 0 aromatic heterocycles. The number of benzene rings is 2. The summed E-state index contributed by atoms with van der Waals surface area (Å²) in [6.45, 7) is 5.02. The summed E-state index contributed by atoms with van der Waals surface area (Å²) in [6.07, 6.45) is 0. The molecule has 22 heavy (non-hydrogen) atoms. The van der Waals surface area contributed by atoms with E-state index in [9.17, 15) is 0 Å². The average molecular weight is 296 g/mol. The van der Waals surface area contributed by atoms with Crippen LogP contribution in [-0.2, 0) is 6.54 Å². The van der Waals surface area contributed by atoms with E-state index in [1.54, 1.807) is 0 Å². The molecule has 0 atom stereocenters. The Morgan fingerprint density at radius 3 is 2.41 bits per heavy atom. The number of nitrogens with two attached hydrogens (primary N) is 1. The molecule has 1 aliphatic rings. The van der Waals surface area contributed by atoms with Crippen molar-refractivity contribution in [1.82, 2.24) is 4.90 Å². The molecule has 1 heterocycles. The van der Waals surface area contributed by atoms with Crippen molar-refractivity contribution in [3.05, 3.63) is 54.1 Å². The summed E-state index contributed by atoms with van der Waals surface area (Å²) >= 11 is 0. The molecule has 3 rings (SSSR count). The summed E-state index contributed by atoms with van der Waals surface area (Å²) in [7, 11) is 2.17. The van der Waals surface area contributed by atoms with Gasteiger partial charge < -0.3 is 20.9 Å². The lowest BCUT2D eigenvalue weighted by molar-refractivity contribution is 0.313. The molecule has 1 saturated heterocycles. The first-order valence-corrected chi connectivity index (χ1v) is 7.84. The van der Waals surface area contributed by atoms with Crippen molar-refractivity contribution in [2.45, 2.75) is 6.54 Å². The summed E-state index contributed by atoms with van der Waals surface area (Å²) in [5.41, 5.74) is 10.7. The molecule has 0 unspecified atom stereocenters. The minimum Gasteiger partial charge on any atom is -0.395 e. The normalized spacial score (nSPS) is 15.8. The van der Waals surface area contributed by atoms with E-state index in [1.165, 1.54) is 5.56 Å². The summed E-state index contributed by atoms with van der Waals surface area (Å²) in [4.78, 5) is 4.73. The molecular formula is C18H24N4. The van der Waals surface area contributed by atoms with Gasteiger partial charge in [-0.05, 0) is 24.7 Å². The van der Waals surface area contributed by atoms with Crippen LogP contribution in [-0.4, -0.2) is 38.1 Å². The first-order valence-electron chi connectivity index (χ1n) is 7.84. The van der Waals surface area contributed by atoms with Crippen molar-refractivity contribution in [2.24, 2.45) is 0 Å². The Morgan fingerprint density at radius 2 is 1.68 bits per heavy atom. The van der Waals surface area contributed by atoms with Gasteiger partial charge in [0.05, 0.1) is 17.1 Å². The minimum atomic E-state index is 0.789. The number of hydrogen-bond acceptors (Lipinski definition) is 4. The van der Waals surface area contributed by atoms with Gasteiger partial charge in [0, 0.05) is 32.7 Å². The molecule has 0 spiro atoms. The van der Waals surface area contributed by atoms with Gasteiger partial charge in [0.25, 0.3) is 0 Å². The third kappa shape index (κ3) is 3.34. The Hall–Kier alpha value is -2.20. The number of nitrogens with one attached hydrogen (secondary N) is 1. The minimum absolute atomic E-state index is 0.789. The van der Waals surface area contributed by atoms with Crippen molar-refractivity contribution in [3.63, 3.8) is 0 Å². The van der Waals surface area contributed by atoms with Crippen molar-refractivity contribution in [3.8, 4) is 0 Å². The maximum Gasteiger partial charge on any atom is 0.0787 e. The molecule has 116 valence electrons. The number of rotatable bonds is 4. The van der Waals surface area contributed by atoms with Crippen LogP contribution in [0.2, 0.25) is 0 Å². The van der Waals surface area contributed by atoms with Crippen molar-refractivity contribution >= 4 is 17.1 Å². The van der Waals surface area contributed by atoms with E-state index in [4.69, 9.17) is 5.73 Å². The standard InChI is InChI=1S/C18H24N4/c1-21-10-12-22(13-11-21)17-9-5-8-16(18(17)19)20-14-15-6-3-2-4-7-15/h2-9,20H,10-14,19H2,1H3. The van der Waals surface area contributed by atoms with E-state index in [-0.39, 0.29) is 0 Å². The first-order chi connectivity index (χ1) is 10.7. The third-order valence-corrected chi connectivity index (χ3v) is 4.25. The van der Waals surface area contributed by atoms with E-state index >= 15 is 0 Å². The predicted octanol–water partition coefficient (Wildman–Crippen LogP) is 2.63. The number of nitrogens with zero attached hydrogens (tertiary/aromatic N) is 2. The zero-order valence-electron chi connectivity index (χ0n) is 13.1. The number of para-hydroxylation sites is 1. The van der Waals surface area contributed by atoms with Crippen LogP contribution in [0.15, 0.2) is 48.5 Å². The lowest BCUT2D eigenvalue weighted by atomic mass is 10.1. The molecule has 0 aliphatic carbocycles. The highest BCUT2D eigenvalue weighted by Gasteiger charge is 2.17. The van der Waals surface area contributed by atoms with Crippen LogP contribution in [0.25, 0.3) is 0 Å². The van der Waals surface area contributed by atoms with E-state index < -0.39 is 0 Å². The highest BCUT2D eigenvalue weighted by atomic mass is 15.3. The maximum atomic E-state index is 6.40. The van der Waals surface area contributed by atoms with Gasteiger partial charge in [-0.3, -0.25) is 0 Å². The summed E-state index contributed by atoms with van der Waals surface area (Å²) in [5.74, 6) is 0. The number of likely N-dealkylation sites (N-methyl/N-ethyl adjacent to an activating group) is 1. The van der Waals surface area contributed by atoms with Gasteiger partial charge in [0.2, 0.25) is 0 Å². The van der Waals surface area contributed by atoms with Crippen LogP contribution in [0.5, 0.6) is 0 Å². The lowest BCUT2D eigenvalue weighted by Crippen LogP contribution is -2.44. The molecule has 2 aromatic carbocycles. The van der Waals surface area contributed by atoms with Gasteiger partial charge in [0.15, 0.2) is 0 Å². The Balaban J connectivity index is 1.71. The van der Waals surface area contributed by atoms with Gasteiger partial charge >= 0.3 is 0 Å². The van der Waals surface area contributed by atoms with Gasteiger partial charge in [-0.2, -0.15) is 0 Å². The molecule has 3 N–H and O–H groups in total. The molecule has 2 aromatic rings. The second-order valence-electron chi connectivity index (χ2n) is 5.87. The second kappa shape index (κ2) is 6.71. The number of hydrogen-bond donors (Lipinski definition) is 2. The smallest absolute Gasteiger partial charge is 0.0787 e. The zero-order chi connectivity index (χ0) is 15.4. The van der Waals surface area contributed by atoms with Crippen LogP contribution in [0.4, 0.5) is 17.1 Å². The largest absolute Gasteiger partial charge is 0.395 e. The Kier molecular flexibility index (Phi) is 4.49.